The van der Waals surface area contributed by atoms with Gasteiger partial charge in [-0.25, -0.2) is 9.78 Å². The fraction of sp³-hybridized carbons (Fsp3) is 0.308. The molecule has 2 aromatic rings. The molecule has 0 aromatic carbocycles. The molecule has 0 aliphatic heterocycles. The van der Waals surface area contributed by atoms with Crippen LogP contribution in [0.2, 0.25) is 0 Å². The van der Waals surface area contributed by atoms with E-state index in [1.807, 2.05) is 30.7 Å². The van der Waals surface area contributed by atoms with Crippen LogP contribution in [-0.2, 0) is 11.3 Å². The number of ether oxygens (including phenoxy) is 1. The number of carbonyl (C=O) groups is 1. The van der Waals surface area contributed by atoms with Crippen molar-refractivity contribution in [1.29, 1.82) is 0 Å². The summed E-state index contributed by atoms with van der Waals surface area (Å²) in [7, 11) is 1.35. The molecule has 0 spiro atoms. The van der Waals surface area contributed by atoms with Crippen LogP contribution >= 0.6 is 0 Å². The third-order valence-corrected chi connectivity index (χ3v) is 2.77. The summed E-state index contributed by atoms with van der Waals surface area (Å²) in [5, 5.41) is 4.21. The highest BCUT2D eigenvalue weighted by atomic mass is 16.5. The minimum absolute atomic E-state index is 0.351. The summed E-state index contributed by atoms with van der Waals surface area (Å²) < 4.78 is 6.56. The van der Waals surface area contributed by atoms with Gasteiger partial charge in [-0.05, 0) is 31.5 Å². The Morgan fingerprint density at radius 2 is 2.28 bits per heavy atom. The smallest absolute Gasteiger partial charge is 0.356 e. The number of carbonyl (C=O) groups excluding carboxylic acids is 1. The van der Waals surface area contributed by atoms with Crippen LogP contribution in [0.15, 0.2) is 24.5 Å². The summed E-state index contributed by atoms with van der Waals surface area (Å²) in [5.74, 6) is -0.414. The van der Waals surface area contributed by atoms with Gasteiger partial charge in [0, 0.05) is 24.5 Å². The first kappa shape index (κ1) is 12.3. The largest absolute Gasteiger partial charge is 0.464 e. The van der Waals surface area contributed by atoms with Crippen LogP contribution in [0.5, 0.6) is 0 Å². The van der Waals surface area contributed by atoms with E-state index < -0.39 is 5.97 Å². The van der Waals surface area contributed by atoms with Gasteiger partial charge in [0.2, 0.25) is 0 Å². The van der Waals surface area contributed by atoms with Crippen LogP contribution in [0.4, 0.5) is 0 Å². The van der Waals surface area contributed by atoms with Crippen molar-refractivity contribution < 1.29 is 9.53 Å². The Morgan fingerprint density at radius 1 is 1.50 bits per heavy atom. The van der Waals surface area contributed by atoms with Gasteiger partial charge < -0.3 is 4.74 Å². The molecular weight excluding hydrogens is 230 g/mol. The minimum Gasteiger partial charge on any atom is -0.464 e. The Morgan fingerprint density at radius 3 is 2.89 bits per heavy atom. The summed E-state index contributed by atoms with van der Waals surface area (Å²) in [4.78, 5) is 15.6. The molecule has 0 atom stereocenters. The van der Waals surface area contributed by atoms with Gasteiger partial charge in [0.05, 0.1) is 12.8 Å². The second kappa shape index (κ2) is 5.00. The zero-order valence-electron chi connectivity index (χ0n) is 10.7. The number of aromatic nitrogens is 3. The average molecular weight is 245 g/mol. The van der Waals surface area contributed by atoms with E-state index in [0.29, 0.717) is 5.69 Å². The quantitative estimate of drug-likeness (QED) is 0.777. The van der Waals surface area contributed by atoms with Gasteiger partial charge in [0.1, 0.15) is 0 Å². The molecule has 0 unspecified atom stereocenters. The maximum absolute atomic E-state index is 11.5. The Bertz CT molecular complexity index is 575. The number of aryl methyl sites for hydroxylation is 2. The summed E-state index contributed by atoms with van der Waals surface area (Å²) >= 11 is 0. The Hall–Kier alpha value is -2.17. The standard InChI is InChI=1S/C13H15N3O2/c1-4-16-11(5-6-15-16)10-7-9(2)12(14-8-10)13(17)18-3/h5-8H,4H2,1-3H3. The molecule has 0 bridgehead atoms. The maximum Gasteiger partial charge on any atom is 0.356 e. The average Bonchev–Trinajstić information content (AvgIpc) is 2.86. The lowest BCUT2D eigenvalue weighted by molar-refractivity contribution is 0.0593. The molecule has 0 aliphatic rings. The van der Waals surface area contributed by atoms with Crippen molar-refractivity contribution in [3.8, 4) is 11.3 Å². The molecule has 0 saturated carbocycles. The first-order valence-electron chi connectivity index (χ1n) is 5.74. The summed E-state index contributed by atoms with van der Waals surface area (Å²) in [6, 6.07) is 3.85. The van der Waals surface area contributed by atoms with Crippen molar-refractivity contribution in [3.63, 3.8) is 0 Å². The van der Waals surface area contributed by atoms with Crippen LogP contribution in [0.25, 0.3) is 11.3 Å². The number of nitrogens with zero attached hydrogens (tertiary/aromatic N) is 3. The van der Waals surface area contributed by atoms with E-state index in [1.54, 1.807) is 12.4 Å². The predicted molar refractivity (Wildman–Crippen MR) is 67.2 cm³/mol. The van der Waals surface area contributed by atoms with Crippen molar-refractivity contribution in [2.75, 3.05) is 7.11 Å². The Balaban J connectivity index is 2.43. The number of esters is 1. The number of rotatable bonds is 3. The second-order valence-electron chi connectivity index (χ2n) is 3.91. The molecule has 0 fully saturated rings. The van der Waals surface area contributed by atoms with E-state index in [9.17, 15) is 4.79 Å². The molecule has 0 aliphatic carbocycles. The predicted octanol–water partition coefficient (Wildman–Crippen LogP) is 2.06. The van der Waals surface area contributed by atoms with E-state index in [2.05, 4.69) is 14.8 Å². The van der Waals surface area contributed by atoms with E-state index >= 15 is 0 Å². The van der Waals surface area contributed by atoms with E-state index in [-0.39, 0.29) is 0 Å². The number of hydrogen-bond donors (Lipinski definition) is 0. The molecule has 0 amide bonds. The Labute approximate surface area is 105 Å². The van der Waals surface area contributed by atoms with Gasteiger partial charge in [-0.1, -0.05) is 0 Å². The highest BCUT2D eigenvalue weighted by molar-refractivity contribution is 5.89. The lowest BCUT2D eigenvalue weighted by Gasteiger charge is -2.07. The lowest BCUT2D eigenvalue weighted by atomic mass is 10.1. The fourth-order valence-electron chi connectivity index (χ4n) is 1.86. The summed E-state index contributed by atoms with van der Waals surface area (Å²) in [6.45, 7) is 4.66. The molecule has 2 aromatic heterocycles. The van der Waals surface area contributed by atoms with Crippen LogP contribution in [-0.4, -0.2) is 27.8 Å². The molecule has 2 rings (SSSR count). The van der Waals surface area contributed by atoms with Gasteiger partial charge in [0.25, 0.3) is 0 Å². The van der Waals surface area contributed by atoms with Gasteiger partial charge >= 0.3 is 5.97 Å². The number of hydrogen-bond acceptors (Lipinski definition) is 4. The van der Waals surface area contributed by atoms with Crippen molar-refractivity contribution >= 4 is 5.97 Å². The van der Waals surface area contributed by atoms with E-state index in [1.165, 1.54) is 7.11 Å². The molecule has 5 nitrogen and oxygen atoms in total. The van der Waals surface area contributed by atoms with Crippen molar-refractivity contribution in [1.82, 2.24) is 14.8 Å². The first-order chi connectivity index (χ1) is 8.67. The molecule has 2 heterocycles. The Kier molecular flexibility index (Phi) is 3.41. The second-order valence-corrected chi connectivity index (χ2v) is 3.91. The highest BCUT2D eigenvalue weighted by Gasteiger charge is 2.13. The van der Waals surface area contributed by atoms with Crippen LogP contribution in [0.1, 0.15) is 23.0 Å². The third-order valence-electron chi connectivity index (χ3n) is 2.77. The molecule has 94 valence electrons. The van der Waals surface area contributed by atoms with Crippen LogP contribution < -0.4 is 0 Å². The highest BCUT2D eigenvalue weighted by Crippen LogP contribution is 2.20. The normalized spacial score (nSPS) is 10.4. The SMILES string of the molecule is CCn1nccc1-c1cnc(C(=O)OC)c(C)c1. The molecule has 5 heteroatoms. The van der Waals surface area contributed by atoms with Gasteiger partial charge in [-0.15, -0.1) is 0 Å². The van der Waals surface area contributed by atoms with Crippen molar-refractivity contribution in [2.24, 2.45) is 0 Å². The molecule has 0 N–H and O–H groups in total. The molecule has 18 heavy (non-hydrogen) atoms. The van der Waals surface area contributed by atoms with Gasteiger partial charge in [-0.2, -0.15) is 5.10 Å². The molecule has 0 radical (unpaired) electrons. The van der Waals surface area contributed by atoms with Crippen molar-refractivity contribution in [3.05, 3.63) is 35.8 Å². The fourth-order valence-corrected chi connectivity index (χ4v) is 1.86. The summed E-state index contributed by atoms with van der Waals surface area (Å²) in [6.07, 6.45) is 3.42. The van der Waals surface area contributed by atoms with Gasteiger partial charge in [0.15, 0.2) is 5.69 Å². The zero-order chi connectivity index (χ0) is 13.1. The maximum atomic E-state index is 11.5. The lowest BCUT2D eigenvalue weighted by Crippen LogP contribution is -2.07. The third kappa shape index (κ3) is 2.11. The van der Waals surface area contributed by atoms with Crippen molar-refractivity contribution in [2.45, 2.75) is 20.4 Å². The summed E-state index contributed by atoms with van der Waals surface area (Å²) in [5.41, 5.74) is 3.08. The number of methoxy groups -OCH3 is 1. The molecular formula is C13H15N3O2. The van der Waals surface area contributed by atoms with Crippen LogP contribution in [0.3, 0.4) is 0 Å². The monoisotopic (exact) mass is 245 g/mol. The molecule has 0 saturated heterocycles. The van der Waals surface area contributed by atoms with E-state index in [0.717, 1.165) is 23.4 Å². The van der Waals surface area contributed by atoms with E-state index in [4.69, 9.17) is 0 Å². The minimum atomic E-state index is -0.414. The zero-order valence-corrected chi connectivity index (χ0v) is 10.7. The van der Waals surface area contributed by atoms with Crippen LogP contribution in [0, 0.1) is 6.92 Å². The topological polar surface area (TPSA) is 57.0 Å². The number of pyridine rings is 1. The first-order valence-corrected chi connectivity index (χ1v) is 5.74. The van der Waals surface area contributed by atoms with Gasteiger partial charge in [-0.3, -0.25) is 4.68 Å².